The SMILES string of the molecule is FC(F)(F)c1ccc(C(c2nnnn2Cc2ccccc2)N2CCN(C3CCCCC3)CC2)cc1.[2H]C. The summed E-state index contributed by atoms with van der Waals surface area (Å²) in [4.78, 5) is 4.90. The molecule has 1 aliphatic carbocycles. The van der Waals surface area contributed by atoms with Crippen molar-refractivity contribution < 1.29 is 14.5 Å². The summed E-state index contributed by atoms with van der Waals surface area (Å²) in [5, 5.41) is 12.6. The van der Waals surface area contributed by atoms with Gasteiger partial charge in [-0.2, -0.15) is 13.2 Å². The van der Waals surface area contributed by atoms with Crippen LogP contribution >= 0.6 is 0 Å². The van der Waals surface area contributed by atoms with Gasteiger partial charge >= 0.3 is 6.18 Å². The van der Waals surface area contributed by atoms with Gasteiger partial charge in [0, 0.05) is 33.6 Å². The van der Waals surface area contributed by atoms with Crippen molar-refractivity contribution in [3.63, 3.8) is 0 Å². The Balaban J connectivity index is 0.00000156. The van der Waals surface area contributed by atoms with Crippen LogP contribution in [0.2, 0.25) is 0 Å². The predicted octanol–water partition coefficient (Wildman–Crippen LogP) is 5.42. The van der Waals surface area contributed by atoms with Gasteiger partial charge in [-0.25, -0.2) is 4.68 Å². The first kappa shape index (κ1) is 24.9. The van der Waals surface area contributed by atoms with Crippen LogP contribution < -0.4 is 0 Å². The maximum atomic E-state index is 13.2. The van der Waals surface area contributed by atoms with Gasteiger partial charge in [-0.3, -0.25) is 9.80 Å². The average Bonchev–Trinajstić information content (AvgIpc) is 3.38. The zero-order valence-corrected chi connectivity index (χ0v) is 20.7. The number of benzene rings is 2. The molecule has 1 atom stereocenters. The number of piperazine rings is 1. The largest absolute Gasteiger partial charge is 0.416 e. The number of aromatic nitrogens is 4. The molecule has 9 heteroatoms. The number of alkyl halides is 3. The molecule has 2 aromatic carbocycles. The van der Waals surface area contributed by atoms with Crippen LogP contribution in [0.4, 0.5) is 13.2 Å². The van der Waals surface area contributed by atoms with Gasteiger partial charge in [-0.15, -0.1) is 5.10 Å². The molecule has 6 nitrogen and oxygen atoms in total. The summed E-state index contributed by atoms with van der Waals surface area (Å²) in [7, 11) is 1.25. The summed E-state index contributed by atoms with van der Waals surface area (Å²) in [6.07, 6.45) is 2.08. The molecule has 36 heavy (non-hydrogen) atoms. The molecule has 2 aliphatic rings. The molecule has 0 amide bonds. The molecule has 1 aromatic heterocycles. The van der Waals surface area contributed by atoms with Gasteiger partial charge in [0.2, 0.25) is 0 Å². The lowest BCUT2D eigenvalue weighted by Crippen LogP contribution is -2.52. The zero-order chi connectivity index (χ0) is 26.3. The molecule has 0 N–H and O–H groups in total. The number of hydrogen-bond acceptors (Lipinski definition) is 5. The second-order valence-corrected chi connectivity index (χ2v) is 9.57. The van der Waals surface area contributed by atoms with E-state index in [-0.39, 0.29) is 6.04 Å². The third-order valence-electron chi connectivity index (χ3n) is 7.34. The maximum absolute atomic E-state index is 13.2. The standard InChI is InChI=1S/C26H31F3N6.CH4/c27-26(28,29)22-13-11-21(12-14-22)24(25-30-31-32-35(25)19-20-7-3-1-4-8-20)34-17-15-33(16-18-34)23-9-5-2-6-10-23;/h1,3-4,7-8,11-14,23-24H,2,5-6,9-10,15-19H2;1H4/i;1D. The predicted molar refractivity (Wildman–Crippen MR) is 133 cm³/mol. The fourth-order valence-electron chi connectivity index (χ4n) is 5.46. The number of halogens is 3. The number of nitrogens with zero attached hydrogens (tertiary/aromatic N) is 6. The van der Waals surface area contributed by atoms with E-state index in [4.69, 9.17) is 1.37 Å². The van der Waals surface area contributed by atoms with E-state index in [2.05, 4.69) is 25.3 Å². The smallest absolute Gasteiger partial charge is 0.298 e. The van der Waals surface area contributed by atoms with Crippen LogP contribution in [0.25, 0.3) is 0 Å². The Hall–Kier alpha value is -2.78. The van der Waals surface area contributed by atoms with Crippen molar-refractivity contribution in [2.24, 2.45) is 0 Å². The average molecular weight is 502 g/mol. The highest BCUT2D eigenvalue weighted by molar-refractivity contribution is 5.30. The fraction of sp³-hybridized carbons (Fsp3) is 0.519. The first-order valence-electron chi connectivity index (χ1n) is 13.4. The Morgan fingerprint density at radius 2 is 1.58 bits per heavy atom. The third kappa shape index (κ3) is 5.95. The van der Waals surface area contributed by atoms with Crippen molar-refractivity contribution in [3.8, 4) is 0 Å². The highest BCUT2D eigenvalue weighted by atomic mass is 19.4. The van der Waals surface area contributed by atoms with Crippen LogP contribution in [0.3, 0.4) is 0 Å². The topological polar surface area (TPSA) is 50.1 Å². The Morgan fingerprint density at radius 3 is 2.22 bits per heavy atom. The van der Waals surface area contributed by atoms with Gasteiger partial charge in [0.15, 0.2) is 5.82 Å². The molecule has 2 heterocycles. The minimum atomic E-state index is -4.37. The number of rotatable bonds is 6. The summed E-state index contributed by atoms with van der Waals surface area (Å²) < 4.78 is 47.2. The normalized spacial score (nSPS) is 19.3. The summed E-state index contributed by atoms with van der Waals surface area (Å²) in [6, 6.07) is 15.7. The molecule has 194 valence electrons. The lowest BCUT2D eigenvalue weighted by molar-refractivity contribution is -0.137. The fourth-order valence-corrected chi connectivity index (χ4v) is 5.46. The summed E-state index contributed by atoms with van der Waals surface area (Å²) in [6.45, 7) is 4.03. The molecule has 2 fully saturated rings. The highest BCUT2D eigenvalue weighted by Gasteiger charge is 2.34. The number of tetrazole rings is 1. The number of hydrogen-bond donors (Lipinski definition) is 0. The summed E-state index contributed by atoms with van der Waals surface area (Å²) >= 11 is 0. The van der Waals surface area contributed by atoms with Crippen LogP contribution in [0.5, 0.6) is 0 Å². The van der Waals surface area contributed by atoms with Crippen LogP contribution in [0.1, 0.15) is 69.4 Å². The molecule has 1 aliphatic heterocycles. The van der Waals surface area contributed by atoms with E-state index in [0.717, 1.165) is 49.4 Å². The Kier molecular flexibility index (Phi) is 7.96. The quantitative estimate of drug-likeness (QED) is 0.452. The van der Waals surface area contributed by atoms with E-state index in [9.17, 15) is 13.2 Å². The van der Waals surface area contributed by atoms with Gasteiger partial charge in [0.1, 0.15) is 0 Å². The maximum Gasteiger partial charge on any atom is 0.416 e. The van der Waals surface area contributed by atoms with E-state index >= 15 is 0 Å². The first-order valence-corrected chi connectivity index (χ1v) is 12.4. The second kappa shape index (κ2) is 11.5. The minimum Gasteiger partial charge on any atom is -0.298 e. The van der Waals surface area contributed by atoms with Gasteiger partial charge in [0.25, 0.3) is 0 Å². The summed E-state index contributed by atoms with van der Waals surface area (Å²) in [5.41, 5.74) is 1.19. The van der Waals surface area contributed by atoms with E-state index in [1.54, 1.807) is 16.8 Å². The van der Waals surface area contributed by atoms with E-state index < -0.39 is 11.7 Å². The van der Waals surface area contributed by atoms with Crippen molar-refractivity contribution in [1.29, 1.82) is 0 Å². The van der Waals surface area contributed by atoms with Crippen LogP contribution in [0, 0.1) is 0 Å². The second-order valence-electron chi connectivity index (χ2n) is 9.57. The third-order valence-corrected chi connectivity index (χ3v) is 7.34. The van der Waals surface area contributed by atoms with Gasteiger partial charge in [-0.1, -0.05) is 69.1 Å². The molecule has 5 rings (SSSR count). The molecule has 1 saturated carbocycles. The van der Waals surface area contributed by atoms with Crippen LogP contribution in [-0.4, -0.2) is 62.2 Å². The molecule has 3 aromatic rings. The summed E-state index contributed by atoms with van der Waals surface area (Å²) in [5.74, 6) is 0.653. The Labute approximate surface area is 212 Å². The lowest BCUT2D eigenvalue weighted by atomic mass is 9.93. The van der Waals surface area contributed by atoms with E-state index in [1.807, 2.05) is 30.3 Å². The van der Waals surface area contributed by atoms with Crippen molar-refractivity contribution in [1.82, 2.24) is 30.0 Å². The molecule has 0 spiro atoms. The minimum absolute atomic E-state index is 0.315. The van der Waals surface area contributed by atoms with Crippen LogP contribution in [0.15, 0.2) is 54.6 Å². The highest BCUT2D eigenvalue weighted by Crippen LogP contribution is 2.34. The zero-order valence-electron chi connectivity index (χ0n) is 21.7. The van der Waals surface area contributed by atoms with Crippen molar-refractivity contribution in [2.75, 3.05) is 26.2 Å². The molecule has 0 bridgehead atoms. The Bertz CT molecular complexity index is 1080. The van der Waals surface area contributed by atoms with Crippen molar-refractivity contribution >= 4 is 0 Å². The van der Waals surface area contributed by atoms with E-state index in [0.29, 0.717) is 18.4 Å². The monoisotopic (exact) mass is 501 g/mol. The molecular formula is C27H35F3N6. The first-order chi connectivity index (χ1) is 18.0. The van der Waals surface area contributed by atoms with Gasteiger partial charge in [-0.05, 0) is 46.5 Å². The van der Waals surface area contributed by atoms with Gasteiger partial charge < -0.3 is 0 Å². The molecular weight excluding hydrogens is 465 g/mol. The van der Waals surface area contributed by atoms with Crippen molar-refractivity contribution in [2.45, 2.75) is 64.3 Å². The lowest BCUT2D eigenvalue weighted by Gasteiger charge is -2.43. The van der Waals surface area contributed by atoms with Gasteiger partial charge in [0.05, 0.1) is 18.2 Å². The van der Waals surface area contributed by atoms with E-state index in [1.165, 1.54) is 39.5 Å². The molecule has 1 unspecified atom stereocenters. The van der Waals surface area contributed by atoms with Crippen molar-refractivity contribution in [3.05, 3.63) is 77.1 Å². The molecule has 1 saturated heterocycles. The Morgan fingerprint density at radius 1 is 0.917 bits per heavy atom. The van der Waals surface area contributed by atoms with Crippen LogP contribution in [-0.2, 0) is 12.7 Å². The molecule has 0 radical (unpaired) electrons.